The summed E-state index contributed by atoms with van der Waals surface area (Å²) in [5.74, 6) is 1.00. The van der Waals surface area contributed by atoms with Crippen LogP contribution in [0.5, 0.6) is 5.75 Å². The molecule has 0 N–H and O–H groups in total. The molecule has 0 atom stereocenters. The van der Waals surface area contributed by atoms with E-state index in [0.717, 1.165) is 12.4 Å². The zero-order chi connectivity index (χ0) is 7.40. The molecule has 2 heteroatoms. The van der Waals surface area contributed by atoms with Crippen molar-refractivity contribution in [1.82, 2.24) is 0 Å². The Morgan fingerprint density at radius 1 is 1.40 bits per heavy atom. The highest BCUT2D eigenvalue weighted by Crippen LogP contribution is 2.20. The second-order valence-electron chi connectivity index (χ2n) is 1.94. The number of hydrogen-bond donors (Lipinski definition) is 0. The molecule has 1 aromatic rings. The van der Waals surface area contributed by atoms with E-state index in [2.05, 4.69) is 12.1 Å². The fourth-order valence-electron chi connectivity index (χ4n) is 0.892. The molecule has 0 radical (unpaired) electrons. The Morgan fingerprint density at radius 3 is 2.80 bits per heavy atom. The van der Waals surface area contributed by atoms with Crippen LogP contribution in [0.1, 0.15) is 5.56 Å². The van der Waals surface area contributed by atoms with Crippen molar-refractivity contribution in [2.45, 2.75) is 6.61 Å². The molecule has 10 heavy (non-hydrogen) atoms. The summed E-state index contributed by atoms with van der Waals surface area (Å²) in [4.78, 5) is 8.00. The van der Waals surface area contributed by atoms with Crippen LogP contribution in [0.2, 0.25) is 0 Å². The summed E-state index contributed by atoms with van der Waals surface area (Å²) in [5.41, 5.74) is 1.28. The van der Waals surface area contributed by atoms with Crippen LogP contribution in [-0.2, 0) is 11.4 Å². The lowest BCUT2D eigenvalue weighted by Crippen LogP contribution is -1.80. The average Bonchev–Trinajstić information content (AvgIpc) is 2.35. The maximum atomic E-state index is 8.00. The molecule has 1 heterocycles. The van der Waals surface area contributed by atoms with Crippen molar-refractivity contribution >= 4 is 6.79 Å². The number of ether oxygens (including phenoxy) is 1. The van der Waals surface area contributed by atoms with Gasteiger partial charge in [0, 0.05) is 0 Å². The number of benzene rings is 1. The second-order valence-corrected chi connectivity index (χ2v) is 1.94. The largest absolute Gasteiger partial charge is 0.489 e. The minimum absolute atomic E-state index is 0.766. The van der Waals surface area contributed by atoms with Crippen molar-refractivity contribution in [3.05, 3.63) is 29.8 Å². The van der Waals surface area contributed by atoms with Gasteiger partial charge in [-0.2, -0.15) is 0 Å². The van der Waals surface area contributed by atoms with E-state index in [-0.39, 0.29) is 0 Å². The number of rotatable bonds is 0. The first kappa shape index (κ1) is 6.81. The van der Waals surface area contributed by atoms with E-state index in [1.54, 1.807) is 0 Å². The van der Waals surface area contributed by atoms with Gasteiger partial charge >= 0.3 is 0 Å². The monoisotopic (exact) mass is 136 g/mol. The highest BCUT2D eigenvalue weighted by atomic mass is 16.5. The molecule has 1 aliphatic rings. The Kier molecular flexibility index (Phi) is 2.05. The normalized spacial score (nSPS) is 11.2. The number of carbonyl (C=O) groups excluding carboxylic acids is 1. The molecule has 1 aromatic carbocycles. The lowest BCUT2D eigenvalue weighted by atomic mass is 10.2. The van der Waals surface area contributed by atoms with Crippen molar-refractivity contribution in [3.8, 4) is 5.75 Å². The summed E-state index contributed by atoms with van der Waals surface area (Å²) in [6.07, 6.45) is 0. The third-order valence-corrected chi connectivity index (χ3v) is 1.30. The van der Waals surface area contributed by atoms with E-state index in [0.29, 0.717) is 0 Å². The SMILES string of the molecule is C=O.c1cc2cc(c1)OC2. The van der Waals surface area contributed by atoms with Crippen molar-refractivity contribution in [3.63, 3.8) is 0 Å². The van der Waals surface area contributed by atoms with Gasteiger partial charge in [0.25, 0.3) is 0 Å². The summed E-state index contributed by atoms with van der Waals surface area (Å²) >= 11 is 0. The van der Waals surface area contributed by atoms with Crippen LogP contribution in [0.25, 0.3) is 0 Å². The van der Waals surface area contributed by atoms with Crippen molar-refractivity contribution in [2.24, 2.45) is 0 Å². The minimum atomic E-state index is 0.766. The molecule has 0 aromatic heterocycles. The van der Waals surface area contributed by atoms with Gasteiger partial charge < -0.3 is 9.53 Å². The Balaban J connectivity index is 0.000000231. The number of fused-ring (bicyclic) bond motifs is 2. The molecule has 2 bridgehead atoms. The van der Waals surface area contributed by atoms with Gasteiger partial charge in [-0.05, 0) is 17.7 Å². The standard InChI is InChI=1S/C7H6O.CH2O/c1-2-6-4-7(3-1)8-5-6;1-2/h1-4H,5H2;1H2. The first-order valence-corrected chi connectivity index (χ1v) is 2.96. The summed E-state index contributed by atoms with van der Waals surface area (Å²) in [5, 5.41) is 0. The van der Waals surface area contributed by atoms with Crippen LogP contribution in [0.4, 0.5) is 0 Å². The van der Waals surface area contributed by atoms with E-state index in [4.69, 9.17) is 9.53 Å². The molecular formula is C8H8O2. The van der Waals surface area contributed by atoms with Gasteiger partial charge in [-0.3, -0.25) is 0 Å². The first-order valence-electron chi connectivity index (χ1n) is 2.96. The molecule has 0 aliphatic carbocycles. The van der Waals surface area contributed by atoms with Gasteiger partial charge in [0.05, 0.1) is 0 Å². The van der Waals surface area contributed by atoms with E-state index in [9.17, 15) is 0 Å². The Labute approximate surface area is 59.4 Å². The topological polar surface area (TPSA) is 26.3 Å². The van der Waals surface area contributed by atoms with E-state index >= 15 is 0 Å². The average molecular weight is 136 g/mol. The van der Waals surface area contributed by atoms with E-state index < -0.39 is 0 Å². The predicted octanol–water partition coefficient (Wildman–Crippen LogP) is 1.39. The van der Waals surface area contributed by atoms with Crippen molar-refractivity contribution in [2.75, 3.05) is 0 Å². The Morgan fingerprint density at radius 2 is 2.20 bits per heavy atom. The van der Waals surface area contributed by atoms with Gasteiger partial charge in [0.15, 0.2) is 0 Å². The van der Waals surface area contributed by atoms with Crippen LogP contribution in [0.3, 0.4) is 0 Å². The zero-order valence-electron chi connectivity index (χ0n) is 5.54. The quantitative estimate of drug-likeness (QED) is 0.538. The van der Waals surface area contributed by atoms with Gasteiger partial charge in [0.2, 0.25) is 0 Å². The Bertz CT molecular complexity index is 201. The zero-order valence-corrected chi connectivity index (χ0v) is 5.54. The highest BCUT2D eigenvalue weighted by Gasteiger charge is 2.03. The maximum absolute atomic E-state index is 8.00. The first-order chi connectivity index (χ1) is 4.95. The van der Waals surface area contributed by atoms with Crippen LogP contribution in [0, 0.1) is 0 Å². The molecule has 0 fully saturated rings. The fraction of sp³-hybridized carbons (Fsp3) is 0.125. The molecule has 0 saturated carbocycles. The van der Waals surface area contributed by atoms with Crippen molar-refractivity contribution in [1.29, 1.82) is 0 Å². The summed E-state index contributed by atoms with van der Waals surface area (Å²) in [6.45, 7) is 2.77. The summed E-state index contributed by atoms with van der Waals surface area (Å²) < 4.78 is 5.18. The molecule has 52 valence electrons. The molecular weight excluding hydrogens is 128 g/mol. The van der Waals surface area contributed by atoms with E-state index in [1.807, 2.05) is 18.9 Å². The van der Waals surface area contributed by atoms with E-state index in [1.165, 1.54) is 5.56 Å². The molecule has 0 saturated heterocycles. The molecule has 1 aliphatic heterocycles. The number of carbonyl (C=O) groups is 1. The third kappa shape index (κ3) is 1.16. The lowest BCUT2D eigenvalue weighted by Gasteiger charge is -1.88. The molecule has 0 amide bonds. The smallest absolute Gasteiger partial charge is 0.120 e. The number of hydrogen-bond acceptors (Lipinski definition) is 2. The highest BCUT2D eigenvalue weighted by molar-refractivity contribution is 5.32. The summed E-state index contributed by atoms with van der Waals surface area (Å²) in [6, 6.07) is 8.10. The minimum Gasteiger partial charge on any atom is -0.489 e. The van der Waals surface area contributed by atoms with Gasteiger partial charge in [-0.25, -0.2) is 0 Å². The molecule has 2 nitrogen and oxygen atoms in total. The third-order valence-electron chi connectivity index (χ3n) is 1.30. The van der Waals surface area contributed by atoms with Gasteiger partial charge in [-0.15, -0.1) is 0 Å². The summed E-state index contributed by atoms with van der Waals surface area (Å²) in [7, 11) is 0. The van der Waals surface area contributed by atoms with Crippen LogP contribution in [-0.4, -0.2) is 6.79 Å². The predicted molar refractivity (Wildman–Crippen MR) is 37.9 cm³/mol. The molecule has 0 unspecified atom stereocenters. The molecule has 2 rings (SSSR count). The Hall–Kier alpha value is -1.31. The molecule has 0 spiro atoms. The lowest BCUT2D eigenvalue weighted by molar-refractivity contribution is -0.0979. The van der Waals surface area contributed by atoms with Crippen LogP contribution in [0.15, 0.2) is 24.3 Å². The van der Waals surface area contributed by atoms with Gasteiger partial charge in [0.1, 0.15) is 19.1 Å². The van der Waals surface area contributed by atoms with Crippen molar-refractivity contribution < 1.29 is 9.53 Å². The van der Waals surface area contributed by atoms with Crippen LogP contribution < -0.4 is 4.74 Å². The van der Waals surface area contributed by atoms with Crippen LogP contribution >= 0.6 is 0 Å². The second kappa shape index (κ2) is 3.01. The maximum Gasteiger partial charge on any atom is 0.120 e. The van der Waals surface area contributed by atoms with Gasteiger partial charge in [-0.1, -0.05) is 12.1 Å². The fourth-order valence-corrected chi connectivity index (χ4v) is 0.892.